The first kappa shape index (κ1) is 13.9. The van der Waals surface area contributed by atoms with Crippen molar-refractivity contribution in [1.29, 1.82) is 0 Å². The SMILES string of the molecule is CC1(C)CCN(C(=O)C2CCCC(CN)C2)CC1. The molecular formula is C15H28N2O. The van der Waals surface area contributed by atoms with Crippen LogP contribution in [-0.4, -0.2) is 30.4 Å². The molecule has 1 aliphatic carbocycles. The van der Waals surface area contributed by atoms with Crippen LogP contribution in [0, 0.1) is 17.3 Å². The summed E-state index contributed by atoms with van der Waals surface area (Å²) in [6.07, 6.45) is 6.78. The minimum atomic E-state index is 0.258. The molecule has 2 atom stereocenters. The van der Waals surface area contributed by atoms with E-state index in [0.717, 1.165) is 45.3 Å². The third-order valence-electron chi connectivity index (χ3n) is 4.89. The van der Waals surface area contributed by atoms with Gasteiger partial charge in [-0.25, -0.2) is 0 Å². The molecule has 0 spiro atoms. The Morgan fingerprint density at radius 2 is 1.94 bits per heavy atom. The number of hydrogen-bond donors (Lipinski definition) is 1. The highest BCUT2D eigenvalue weighted by Gasteiger charge is 2.33. The molecule has 104 valence electrons. The van der Waals surface area contributed by atoms with Gasteiger partial charge in [-0.1, -0.05) is 20.3 Å². The molecule has 0 aromatic carbocycles. The Morgan fingerprint density at radius 1 is 1.28 bits per heavy atom. The molecule has 0 aromatic rings. The molecule has 2 N–H and O–H groups in total. The summed E-state index contributed by atoms with van der Waals surface area (Å²) in [5, 5.41) is 0. The fourth-order valence-corrected chi connectivity index (χ4v) is 3.32. The van der Waals surface area contributed by atoms with Crippen molar-refractivity contribution in [2.75, 3.05) is 19.6 Å². The van der Waals surface area contributed by atoms with Crippen LogP contribution >= 0.6 is 0 Å². The summed E-state index contributed by atoms with van der Waals surface area (Å²) in [4.78, 5) is 14.6. The molecule has 1 aliphatic heterocycles. The first-order valence-corrected chi connectivity index (χ1v) is 7.51. The van der Waals surface area contributed by atoms with E-state index < -0.39 is 0 Å². The second kappa shape index (κ2) is 5.60. The van der Waals surface area contributed by atoms with Gasteiger partial charge in [0.15, 0.2) is 0 Å². The predicted octanol–water partition coefficient (Wildman–Crippen LogP) is 2.40. The Labute approximate surface area is 111 Å². The van der Waals surface area contributed by atoms with Crippen molar-refractivity contribution in [3.63, 3.8) is 0 Å². The lowest BCUT2D eigenvalue weighted by molar-refractivity contribution is -0.139. The number of carbonyl (C=O) groups excluding carboxylic acids is 1. The van der Waals surface area contributed by atoms with Crippen LogP contribution in [0.1, 0.15) is 52.4 Å². The first-order valence-electron chi connectivity index (χ1n) is 7.51. The second-order valence-corrected chi connectivity index (χ2v) is 6.95. The maximum Gasteiger partial charge on any atom is 0.225 e. The van der Waals surface area contributed by atoms with Gasteiger partial charge in [0.05, 0.1) is 0 Å². The highest BCUT2D eigenvalue weighted by Crippen LogP contribution is 2.33. The van der Waals surface area contributed by atoms with Crippen molar-refractivity contribution >= 4 is 5.91 Å². The molecule has 1 saturated carbocycles. The zero-order valence-electron chi connectivity index (χ0n) is 12.0. The minimum absolute atomic E-state index is 0.258. The van der Waals surface area contributed by atoms with E-state index >= 15 is 0 Å². The van der Waals surface area contributed by atoms with Crippen molar-refractivity contribution in [1.82, 2.24) is 4.90 Å². The number of amides is 1. The lowest BCUT2D eigenvalue weighted by Gasteiger charge is -2.39. The molecule has 3 nitrogen and oxygen atoms in total. The molecule has 18 heavy (non-hydrogen) atoms. The van der Waals surface area contributed by atoms with Crippen LogP contribution in [0.25, 0.3) is 0 Å². The van der Waals surface area contributed by atoms with Crippen molar-refractivity contribution in [3.05, 3.63) is 0 Å². The lowest BCUT2D eigenvalue weighted by atomic mass is 9.79. The summed E-state index contributed by atoms with van der Waals surface area (Å²) in [7, 11) is 0. The fourth-order valence-electron chi connectivity index (χ4n) is 3.32. The summed E-state index contributed by atoms with van der Waals surface area (Å²) < 4.78 is 0. The standard InChI is InChI=1S/C15H28N2O/c1-15(2)6-8-17(9-7-15)14(18)13-5-3-4-12(10-13)11-16/h12-13H,3-11,16H2,1-2H3. The molecule has 1 saturated heterocycles. The molecule has 1 amide bonds. The lowest BCUT2D eigenvalue weighted by Crippen LogP contribution is -2.45. The van der Waals surface area contributed by atoms with Crippen molar-refractivity contribution in [2.24, 2.45) is 23.0 Å². The summed E-state index contributed by atoms with van der Waals surface area (Å²) in [5.74, 6) is 1.24. The van der Waals surface area contributed by atoms with Crippen LogP contribution in [0.5, 0.6) is 0 Å². The number of rotatable bonds is 2. The number of carbonyl (C=O) groups is 1. The molecule has 2 aliphatic rings. The molecular weight excluding hydrogens is 224 g/mol. The Morgan fingerprint density at radius 3 is 2.56 bits per heavy atom. The van der Waals surface area contributed by atoms with E-state index in [1.165, 1.54) is 12.8 Å². The number of likely N-dealkylation sites (tertiary alicyclic amines) is 1. The predicted molar refractivity (Wildman–Crippen MR) is 74.1 cm³/mol. The van der Waals surface area contributed by atoms with Crippen LogP contribution in [0.15, 0.2) is 0 Å². The van der Waals surface area contributed by atoms with Gasteiger partial charge in [0.1, 0.15) is 0 Å². The van der Waals surface area contributed by atoms with E-state index in [0.29, 0.717) is 17.2 Å². The monoisotopic (exact) mass is 252 g/mol. The third kappa shape index (κ3) is 3.25. The maximum atomic E-state index is 12.5. The van der Waals surface area contributed by atoms with Crippen LogP contribution in [0.2, 0.25) is 0 Å². The van der Waals surface area contributed by atoms with E-state index in [2.05, 4.69) is 18.7 Å². The summed E-state index contributed by atoms with van der Waals surface area (Å²) in [6.45, 7) is 7.27. The average Bonchev–Trinajstić information content (AvgIpc) is 2.38. The number of hydrogen-bond acceptors (Lipinski definition) is 2. The summed E-state index contributed by atoms with van der Waals surface area (Å²) in [6, 6.07) is 0. The van der Waals surface area contributed by atoms with Crippen LogP contribution in [0.3, 0.4) is 0 Å². The Balaban J connectivity index is 1.87. The van der Waals surface area contributed by atoms with Gasteiger partial charge in [-0.2, -0.15) is 0 Å². The molecule has 0 radical (unpaired) electrons. The van der Waals surface area contributed by atoms with Crippen LogP contribution < -0.4 is 5.73 Å². The van der Waals surface area contributed by atoms with E-state index in [-0.39, 0.29) is 5.92 Å². The smallest absolute Gasteiger partial charge is 0.225 e. The molecule has 1 heterocycles. The molecule has 0 bridgehead atoms. The van der Waals surface area contributed by atoms with Gasteiger partial charge in [-0.05, 0) is 50.0 Å². The van der Waals surface area contributed by atoms with Gasteiger partial charge >= 0.3 is 0 Å². The molecule has 2 fully saturated rings. The van der Waals surface area contributed by atoms with Crippen LogP contribution in [0.4, 0.5) is 0 Å². The van der Waals surface area contributed by atoms with E-state index in [9.17, 15) is 4.79 Å². The van der Waals surface area contributed by atoms with E-state index in [1.54, 1.807) is 0 Å². The van der Waals surface area contributed by atoms with Crippen molar-refractivity contribution in [2.45, 2.75) is 52.4 Å². The second-order valence-electron chi connectivity index (χ2n) is 6.95. The van der Waals surface area contributed by atoms with Crippen molar-refractivity contribution in [3.8, 4) is 0 Å². The molecule has 3 heteroatoms. The van der Waals surface area contributed by atoms with Gasteiger partial charge in [0.25, 0.3) is 0 Å². The van der Waals surface area contributed by atoms with Gasteiger partial charge in [0.2, 0.25) is 5.91 Å². The first-order chi connectivity index (χ1) is 8.52. The summed E-state index contributed by atoms with van der Waals surface area (Å²) in [5.41, 5.74) is 6.17. The van der Waals surface area contributed by atoms with Gasteiger partial charge in [-0.15, -0.1) is 0 Å². The van der Waals surface area contributed by atoms with Gasteiger partial charge < -0.3 is 10.6 Å². The van der Waals surface area contributed by atoms with Gasteiger partial charge in [0, 0.05) is 19.0 Å². The quantitative estimate of drug-likeness (QED) is 0.820. The maximum absolute atomic E-state index is 12.5. The molecule has 2 unspecified atom stereocenters. The highest BCUT2D eigenvalue weighted by molar-refractivity contribution is 5.79. The number of nitrogens with two attached hydrogens (primary N) is 1. The Hall–Kier alpha value is -0.570. The normalized spacial score (nSPS) is 32.3. The zero-order chi connectivity index (χ0) is 13.2. The Kier molecular flexibility index (Phi) is 4.31. The number of piperidine rings is 1. The van der Waals surface area contributed by atoms with E-state index in [1.807, 2.05) is 0 Å². The fraction of sp³-hybridized carbons (Fsp3) is 0.933. The van der Waals surface area contributed by atoms with Crippen LogP contribution in [-0.2, 0) is 4.79 Å². The molecule has 2 rings (SSSR count). The zero-order valence-corrected chi connectivity index (χ0v) is 12.0. The van der Waals surface area contributed by atoms with E-state index in [4.69, 9.17) is 5.73 Å². The minimum Gasteiger partial charge on any atom is -0.342 e. The van der Waals surface area contributed by atoms with Crippen molar-refractivity contribution < 1.29 is 4.79 Å². The topological polar surface area (TPSA) is 46.3 Å². The number of nitrogens with zero attached hydrogens (tertiary/aromatic N) is 1. The summed E-state index contributed by atoms with van der Waals surface area (Å²) >= 11 is 0. The largest absolute Gasteiger partial charge is 0.342 e. The molecule has 0 aromatic heterocycles. The average molecular weight is 252 g/mol. The Bertz CT molecular complexity index is 291. The highest BCUT2D eigenvalue weighted by atomic mass is 16.2. The van der Waals surface area contributed by atoms with Gasteiger partial charge in [-0.3, -0.25) is 4.79 Å². The third-order valence-corrected chi connectivity index (χ3v) is 4.89.